The highest BCUT2D eigenvalue weighted by Gasteiger charge is 2.41. The van der Waals surface area contributed by atoms with Crippen molar-refractivity contribution in [3.05, 3.63) is 80.6 Å². The summed E-state index contributed by atoms with van der Waals surface area (Å²) in [5.41, 5.74) is 3.21. The minimum absolute atomic E-state index is 0.184. The number of hydrogen-bond donors (Lipinski definition) is 0. The van der Waals surface area contributed by atoms with Crippen LogP contribution >= 0.6 is 23.2 Å². The standard InChI is InChI=1S/C26H27Cl2NO5/c1-6-33-25(30)22-15(3)29(19-11-12-21(32-5)20(28)14-19)16(4)23(26(31)34-7-2)24(22)17-9-8-10-18(27)13-17/h8-14,24H,6-7H2,1-5H3. The number of halogens is 2. The molecule has 1 aliphatic heterocycles. The smallest absolute Gasteiger partial charge is 0.336 e. The van der Waals surface area contributed by atoms with Crippen molar-refractivity contribution in [3.63, 3.8) is 0 Å². The van der Waals surface area contributed by atoms with Crippen LogP contribution in [-0.2, 0) is 19.1 Å². The highest BCUT2D eigenvalue weighted by molar-refractivity contribution is 6.32. The number of allylic oxidation sites excluding steroid dienone is 2. The third kappa shape index (κ3) is 4.93. The minimum Gasteiger partial charge on any atom is -0.495 e. The molecule has 0 spiro atoms. The third-order valence-electron chi connectivity index (χ3n) is 5.59. The van der Waals surface area contributed by atoms with Crippen LogP contribution in [0.1, 0.15) is 39.2 Å². The van der Waals surface area contributed by atoms with Gasteiger partial charge in [0.1, 0.15) is 5.75 Å². The van der Waals surface area contributed by atoms with Crippen molar-refractivity contribution in [1.82, 2.24) is 0 Å². The molecule has 0 saturated carbocycles. The van der Waals surface area contributed by atoms with Gasteiger partial charge in [0, 0.05) is 22.1 Å². The number of carbonyl (C=O) groups excluding carboxylic acids is 2. The van der Waals surface area contributed by atoms with E-state index in [4.69, 9.17) is 37.4 Å². The summed E-state index contributed by atoms with van der Waals surface area (Å²) in [6.07, 6.45) is 0. The van der Waals surface area contributed by atoms with E-state index < -0.39 is 17.9 Å². The lowest BCUT2D eigenvalue weighted by molar-refractivity contribution is -0.139. The van der Waals surface area contributed by atoms with Crippen molar-refractivity contribution in [1.29, 1.82) is 0 Å². The number of ether oxygens (including phenoxy) is 3. The van der Waals surface area contributed by atoms with Gasteiger partial charge in [-0.2, -0.15) is 0 Å². The second-order valence-corrected chi connectivity index (χ2v) is 8.43. The number of carbonyl (C=O) groups is 2. The Bertz CT molecular complexity index is 1130. The van der Waals surface area contributed by atoms with Crippen LogP contribution in [0, 0.1) is 0 Å². The predicted molar refractivity (Wildman–Crippen MR) is 133 cm³/mol. The summed E-state index contributed by atoms with van der Waals surface area (Å²) in [5.74, 6) is -1.26. The monoisotopic (exact) mass is 503 g/mol. The molecule has 0 aromatic heterocycles. The van der Waals surface area contributed by atoms with E-state index in [0.29, 0.717) is 49.6 Å². The van der Waals surface area contributed by atoms with Crippen LogP contribution in [0.5, 0.6) is 5.75 Å². The topological polar surface area (TPSA) is 65.1 Å². The van der Waals surface area contributed by atoms with Crippen LogP contribution in [0.2, 0.25) is 10.0 Å². The average molecular weight is 504 g/mol. The predicted octanol–water partition coefficient (Wildman–Crippen LogP) is 6.28. The Hall–Kier alpha value is -2.96. The highest BCUT2D eigenvalue weighted by Crippen LogP contribution is 2.45. The van der Waals surface area contributed by atoms with E-state index >= 15 is 0 Å². The van der Waals surface area contributed by atoms with Gasteiger partial charge in [-0.1, -0.05) is 35.3 Å². The normalized spacial score (nSPS) is 14.4. The van der Waals surface area contributed by atoms with Crippen molar-refractivity contribution < 1.29 is 23.8 Å². The number of rotatable bonds is 7. The number of nitrogens with zero attached hydrogens (tertiary/aromatic N) is 1. The fourth-order valence-electron chi connectivity index (χ4n) is 4.20. The first kappa shape index (κ1) is 25.7. The summed E-state index contributed by atoms with van der Waals surface area (Å²) in [6, 6.07) is 12.3. The van der Waals surface area contributed by atoms with Crippen LogP contribution in [-0.4, -0.2) is 32.3 Å². The van der Waals surface area contributed by atoms with Gasteiger partial charge in [-0.3, -0.25) is 0 Å². The van der Waals surface area contributed by atoms with Gasteiger partial charge >= 0.3 is 11.9 Å². The quantitative estimate of drug-likeness (QED) is 0.414. The van der Waals surface area contributed by atoms with Gasteiger partial charge in [0.25, 0.3) is 0 Å². The summed E-state index contributed by atoms with van der Waals surface area (Å²) in [5, 5.41) is 0.886. The zero-order valence-corrected chi connectivity index (χ0v) is 21.3. The third-order valence-corrected chi connectivity index (χ3v) is 6.12. The van der Waals surface area contributed by atoms with Crippen LogP contribution in [0.4, 0.5) is 5.69 Å². The van der Waals surface area contributed by atoms with Crippen molar-refractivity contribution >= 4 is 40.8 Å². The molecule has 8 heteroatoms. The van der Waals surface area contributed by atoms with E-state index in [0.717, 1.165) is 0 Å². The first-order valence-corrected chi connectivity index (χ1v) is 11.7. The maximum absolute atomic E-state index is 13.3. The van der Waals surface area contributed by atoms with Crippen LogP contribution in [0.25, 0.3) is 0 Å². The molecule has 6 nitrogen and oxygen atoms in total. The molecule has 2 aromatic carbocycles. The lowest BCUT2D eigenvalue weighted by Crippen LogP contribution is -2.35. The first-order valence-electron chi connectivity index (χ1n) is 10.9. The number of anilines is 1. The molecule has 180 valence electrons. The van der Waals surface area contributed by atoms with Gasteiger partial charge < -0.3 is 19.1 Å². The van der Waals surface area contributed by atoms with Crippen molar-refractivity contribution in [2.45, 2.75) is 33.6 Å². The summed E-state index contributed by atoms with van der Waals surface area (Å²) < 4.78 is 16.1. The van der Waals surface area contributed by atoms with Gasteiger partial charge in [0.2, 0.25) is 0 Å². The van der Waals surface area contributed by atoms with E-state index in [1.807, 2.05) is 30.9 Å². The van der Waals surface area contributed by atoms with Gasteiger partial charge in [-0.05, 0) is 63.6 Å². The molecule has 0 radical (unpaired) electrons. The number of hydrogen-bond acceptors (Lipinski definition) is 6. The summed E-state index contributed by atoms with van der Waals surface area (Å²) in [7, 11) is 1.53. The lowest BCUT2D eigenvalue weighted by atomic mass is 9.79. The molecular formula is C26H27Cl2NO5. The minimum atomic E-state index is -0.721. The molecule has 1 aliphatic rings. The molecule has 0 atom stereocenters. The van der Waals surface area contributed by atoms with Crippen LogP contribution < -0.4 is 9.64 Å². The van der Waals surface area contributed by atoms with E-state index in [9.17, 15) is 9.59 Å². The summed E-state index contributed by atoms with van der Waals surface area (Å²) in [6.45, 7) is 7.47. The Morgan fingerprint density at radius 3 is 1.97 bits per heavy atom. The molecule has 3 rings (SSSR count). The number of esters is 2. The SMILES string of the molecule is CCOC(=O)C1=C(C)N(c2ccc(OC)c(Cl)c2)C(C)=C(C(=O)OCC)C1c1cccc(Cl)c1. The van der Waals surface area contributed by atoms with Gasteiger partial charge in [0.05, 0.1) is 42.4 Å². The number of methoxy groups -OCH3 is 1. The molecule has 0 unspecified atom stereocenters. The molecule has 0 N–H and O–H groups in total. The maximum Gasteiger partial charge on any atom is 0.336 e. The summed E-state index contributed by atoms with van der Waals surface area (Å²) in [4.78, 5) is 28.4. The van der Waals surface area contributed by atoms with E-state index in [1.165, 1.54) is 7.11 Å². The van der Waals surface area contributed by atoms with E-state index in [1.54, 1.807) is 44.2 Å². The molecule has 0 aliphatic carbocycles. The van der Waals surface area contributed by atoms with Gasteiger partial charge in [0.15, 0.2) is 0 Å². The Balaban J connectivity index is 2.33. The summed E-state index contributed by atoms with van der Waals surface area (Å²) >= 11 is 12.7. The second-order valence-electron chi connectivity index (χ2n) is 7.58. The molecule has 0 saturated heterocycles. The maximum atomic E-state index is 13.3. The lowest BCUT2D eigenvalue weighted by Gasteiger charge is -2.38. The van der Waals surface area contributed by atoms with Crippen LogP contribution in [0.15, 0.2) is 65.0 Å². The largest absolute Gasteiger partial charge is 0.495 e. The van der Waals surface area contributed by atoms with Gasteiger partial charge in [-0.15, -0.1) is 0 Å². The fraction of sp³-hybridized carbons (Fsp3) is 0.308. The fourth-order valence-corrected chi connectivity index (χ4v) is 4.66. The Morgan fingerprint density at radius 2 is 1.50 bits per heavy atom. The van der Waals surface area contributed by atoms with Crippen molar-refractivity contribution in [2.75, 3.05) is 25.2 Å². The van der Waals surface area contributed by atoms with Crippen LogP contribution in [0.3, 0.4) is 0 Å². The highest BCUT2D eigenvalue weighted by atomic mass is 35.5. The first-order chi connectivity index (χ1) is 16.2. The average Bonchev–Trinajstić information content (AvgIpc) is 2.79. The second kappa shape index (κ2) is 11.0. The van der Waals surface area contributed by atoms with E-state index in [2.05, 4.69) is 0 Å². The molecule has 1 heterocycles. The molecule has 0 amide bonds. The molecule has 2 aromatic rings. The molecule has 0 bridgehead atoms. The zero-order valence-electron chi connectivity index (χ0n) is 19.8. The Morgan fingerprint density at radius 1 is 0.912 bits per heavy atom. The molecular weight excluding hydrogens is 477 g/mol. The molecule has 34 heavy (non-hydrogen) atoms. The Labute approximate surface area is 209 Å². The zero-order chi connectivity index (χ0) is 25.0. The van der Waals surface area contributed by atoms with E-state index in [-0.39, 0.29) is 13.2 Å². The van der Waals surface area contributed by atoms with Gasteiger partial charge in [-0.25, -0.2) is 9.59 Å². The Kier molecular flexibility index (Phi) is 8.28. The molecule has 0 fully saturated rings. The van der Waals surface area contributed by atoms with Crippen molar-refractivity contribution in [2.24, 2.45) is 0 Å². The van der Waals surface area contributed by atoms with Crippen molar-refractivity contribution in [3.8, 4) is 5.75 Å². The number of benzene rings is 2.